The molecule has 0 bridgehead atoms. The number of methoxy groups -OCH3 is 2. The summed E-state index contributed by atoms with van der Waals surface area (Å²) in [7, 11) is 3.44. The number of hydrogen-bond donors (Lipinski definition) is 1. The van der Waals surface area contributed by atoms with Gasteiger partial charge in [0.2, 0.25) is 0 Å². The number of rotatable bonds is 10. The standard InChI is InChI=1S/C16H27ClN2O2/c1-13(18)11-14-5-6-15(12-16(14)17)19(8-10-21-3)7-4-9-20-2/h5-6,12-13H,4,7-11,18H2,1-3H3. The predicted octanol–water partition coefficient (Wildman–Crippen LogP) is 2.72. The van der Waals surface area contributed by atoms with Crippen LogP contribution in [0.1, 0.15) is 18.9 Å². The molecule has 0 aliphatic heterocycles. The fraction of sp³-hybridized carbons (Fsp3) is 0.625. The Morgan fingerprint density at radius 3 is 2.48 bits per heavy atom. The topological polar surface area (TPSA) is 47.7 Å². The van der Waals surface area contributed by atoms with Crippen molar-refractivity contribution >= 4 is 17.3 Å². The van der Waals surface area contributed by atoms with E-state index < -0.39 is 0 Å². The minimum absolute atomic E-state index is 0.111. The average Bonchev–Trinajstić information content (AvgIpc) is 2.44. The minimum Gasteiger partial charge on any atom is -0.385 e. The summed E-state index contributed by atoms with van der Waals surface area (Å²) in [5, 5.41) is 0.777. The van der Waals surface area contributed by atoms with Crippen LogP contribution >= 0.6 is 11.6 Å². The molecule has 0 heterocycles. The van der Waals surface area contributed by atoms with Crippen molar-refractivity contribution in [3.63, 3.8) is 0 Å². The molecule has 0 fully saturated rings. The summed E-state index contributed by atoms with van der Waals surface area (Å²) in [5.41, 5.74) is 8.05. The number of nitrogens with two attached hydrogens (primary N) is 1. The van der Waals surface area contributed by atoms with Crippen molar-refractivity contribution in [2.45, 2.75) is 25.8 Å². The summed E-state index contributed by atoms with van der Waals surface area (Å²) in [6, 6.07) is 6.30. The summed E-state index contributed by atoms with van der Waals surface area (Å²) >= 11 is 6.37. The van der Waals surface area contributed by atoms with Gasteiger partial charge < -0.3 is 20.1 Å². The lowest BCUT2D eigenvalue weighted by Crippen LogP contribution is -2.29. The lowest BCUT2D eigenvalue weighted by atomic mass is 10.1. The number of nitrogens with zero attached hydrogens (tertiary/aromatic N) is 1. The van der Waals surface area contributed by atoms with E-state index in [2.05, 4.69) is 17.0 Å². The molecule has 0 radical (unpaired) electrons. The van der Waals surface area contributed by atoms with Gasteiger partial charge in [0.05, 0.1) is 6.61 Å². The lowest BCUT2D eigenvalue weighted by molar-refractivity contribution is 0.191. The number of benzene rings is 1. The number of hydrogen-bond acceptors (Lipinski definition) is 4. The summed E-state index contributed by atoms with van der Waals surface area (Å²) in [5.74, 6) is 0. The van der Waals surface area contributed by atoms with Crippen LogP contribution in [0.4, 0.5) is 5.69 Å². The van der Waals surface area contributed by atoms with Gasteiger partial charge >= 0.3 is 0 Å². The Labute approximate surface area is 133 Å². The molecule has 0 saturated carbocycles. The van der Waals surface area contributed by atoms with Crippen LogP contribution in [-0.4, -0.2) is 46.6 Å². The van der Waals surface area contributed by atoms with Crippen LogP contribution in [0, 0.1) is 0 Å². The van der Waals surface area contributed by atoms with Crippen molar-refractivity contribution in [1.82, 2.24) is 0 Å². The zero-order chi connectivity index (χ0) is 15.7. The molecular formula is C16H27ClN2O2. The number of anilines is 1. The fourth-order valence-corrected chi connectivity index (χ4v) is 2.47. The Morgan fingerprint density at radius 2 is 1.90 bits per heavy atom. The second kappa shape index (κ2) is 10.0. The van der Waals surface area contributed by atoms with Crippen molar-refractivity contribution in [3.8, 4) is 0 Å². The van der Waals surface area contributed by atoms with Gasteiger partial charge in [0, 0.05) is 50.7 Å². The lowest BCUT2D eigenvalue weighted by Gasteiger charge is -2.25. The third-order valence-electron chi connectivity index (χ3n) is 3.29. The maximum atomic E-state index is 6.37. The van der Waals surface area contributed by atoms with E-state index >= 15 is 0 Å². The Balaban J connectivity index is 2.78. The summed E-state index contributed by atoms with van der Waals surface area (Å²) in [6.07, 6.45) is 1.76. The number of ether oxygens (including phenoxy) is 2. The fourth-order valence-electron chi connectivity index (χ4n) is 2.22. The molecule has 5 heteroatoms. The highest BCUT2D eigenvalue weighted by molar-refractivity contribution is 6.31. The molecule has 0 spiro atoms. The van der Waals surface area contributed by atoms with E-state index in [1.54, 1.807) is 14.2 Å². The quantitative estimate of drug-likeness (QED) is 0.675. The minimum atomic E-state index is 0.111. The first-order valence-electron chi connectivity index (χ1n) is 7.35. The van der Waals surface area contributed by atoms with Gasteiger partial charge in [-0.3, -0.25) is 0 Å². The molecule has 1 aromatic carbocycles. The second-order valence-corrected chi connectivity index (χ2v) is 5.69. The van der Waals surface area contributed by atoms with Gasteiger partial charge in [0.25, 0.3) is 0 Å². The first-order chi connectivity index (χ1) is 10.1. The van der Waals surface area contributed by atoms with Crippen LogP contribution in [0.25, 0.3) is 0 Å². The molecule has 0 aromatic heterocycles. The van der Waals surface area contributed by atoms with E-state index in [4.69, 9.17) is 26.8 Å². The molecule has 1 aromatic rings. The molecular weight excluding hydrogens is 288 g/mol. The third-order valence-corrected chi connectivity index (χ3v) is 3.64. The Hall–Kier alpha value is -0.810. The second-order valence-electron chi connectivity index (χ2n) is 5.28. The molecule has 120 valence electrons. The molecule has 1 atom stereocenters. The van der Waals surface area contributed by atoms with E-state index in [0.717, 1.165) is 48.8 Å². The molecule has 1 unspecified atom stereocenters. The van der Waals surface area contributed by atoms with E-state index in [1.165, 1.54) is 0 Å². The molecule has 0 saturated heterocycles. The summed E-state index contributed by atoms with van der Waals surface area (Å²) < 4.78 is 10.3. The van der Waals surface area contributed by atoms with Crippen molar-refractivity contribution in [3.05, 3.63) is 28.8 Å². The van der Waals surface area contributed by atoms with Gasteiger partial charge in [-0.1, -0.05) is 17.7 Å². The van der Waals surface area contributed by atoms with Crippen LogP contribution in [0.2, 0.25) is 5.02 Å². The van der Waals surface area contributed by atoms with E-state index in [-0.39, 0.29) is 6.04 Å². The molecule has 1 rings (SSSR count). The van der Waals surface area contributed by atoms with Crippen LogP contribution < -0.4 is 10.6 Å². The largest absolute Gasteiger partial charge is 0.385 e. The van der Waals surface area contributed by atoms with Crippen molar-refractivity contribution in [1.29, 1.82) is 0 Å². The van der Waals surface area contributed by atoms with Crippen LogP contribution in [-0.2, 0) is 15.9 Å². The van der Waals surface area contributed by atoms with Crippen molar-refractivity contribution in [2.75, 3.05) is 45.4 Å². The predicted molar refractivity (Wildman–Crippen MR) is 89.4 cm³/mol. The maximum absolute atomic E-state index is 6.37. The maximum Gasteiger partial charge on any atom is 0.0637 e. The molecule has 0 aliphatic rings. The van der Waals surface area contributed by atoms with Gasteiger partial charge in [0.1, 0.15) is 0 Å². The van der Waals surface area contributed by atoms with Gasteiger partial charge in [-0.25, -0.2) is 0 Å². The first-order valence-corrected chi connectivity index (χ1v) is 7.73. The highest BCUT2D eigenvalue weighted by atomic mass is 35.5. The normalized spacial score (nSPS) is 12.4. The van der Waals surface area contributed by atoms with Crippen molar-refractivity contribution < 1.29 is 9.47 Å². The zero-order valence-corrected chi connectivity index (χ0v) is 14.0. The average molecular weight is 315 g/mol. The van der Waals surface area contributed by atoms with Crippen LogP contribution in [0.3, 0.4) is 0 Å². The first kappa shape index (κ1) is 18.2. The highest BCUT2D eigenvalue weighted by Crippen LogP contribution is 2.25. The highest BCUT2D eigenvalue weighted by Gasteiger charge is 2.10. The van der Waals surface area contributed by atoms with E-state index in [9.17, 15) is 0 Å². The SMILES string of the molecule is COCCCN(CCOC)c1ccc(CC(C)N)c(Cl)c1. The van der Waals surface area contributed by atoms with Gasteiger partial charge in [-0.15, -0.1) is 0 Å². The molecule has 0 amide bonds. The molecule has 21 heavy (non-hydrogen) atoms. The smallest absolute Gasteiger partial charge is 0.0637 e. The Morgan fingerprint density at radius 1 is 1.19 bits per heavy atom. The monoisotopic (exact) mass is 314 g/mol. The number of halogens is 1. The van der Waals surface area contributed by atoms with Crippen LogP contribution in [0.5, 0.6) is 0 Å². The van der Waals surface area contributed by atoms with E-state index in [0.29, 0.717) is 6.61 Å². The Bertz CT molecular complexity index is 413. The van der Waals surface area contributed by atoms with E-state index in [1.807, 2.05) is 13.0 Å². The summed E-state index contributed by atoms with van der Waals surface area (Å²) in [4.78, 5) is 2.27. The van der Waals surface area contributed by atoms with Crippen LogP contribution in [0.15, 0.2) is 18.2 Å². The zero-order valence-electron chi connectivity index (χ0n) is 13.3. The third kappa shape index (κ3) is 6.66. The Kier molecular flexibility index (Phi) is 8.69. The van der Waals surface area contributed by atoms with Gasteiger partial charge in [-0.05, 0) is 37.5 Å². The van der Waals surface area contributed by atoms with Gasteiger partial charge in [-0.2, -0.15) is 0 Å². The molecule has 2 N–H and O–H groups in total. The van der Waals surface area contributed by atoms with Crippen molar-refractivity contribution in [2.24, 2.45) is 5.73 Å². The summed E-state index contributed by atoms with van der Waals surface area (Å²) in [6.45, 7) is 5.18. The molecule has 0 aliphatic carbocycles. The molecule has 4 nitrogen and oxygen atoms in total. The van der Waals surface area contributed by atoms with Gasteiger partial charge in [0.15, 0.2) is 0 Å².